The van der Waals surface area contributed by atoms with Gasteiger partial charge < -0.3 is 15.2 Å². The first-order valence-corrected chi connectivity index (χ1v) is 10.1. The SMILES string of the molecule is CC[C@@H](Nc1cccc(CN2CC[C@@H](OC(=O)O)C2)c1)c1ccc(Cl)c(C)c1. The fourth-order valence-electron chi connectivity index (χ4n) is 3.70. The summed E-state index contributed by atoms with van der Waals surface area (Å²) in [5, 5.41) is 13.2. The standard InChI is InChI=1S/C22H27ClN2O3/c1-3-21(17-7-8-20(23)15(2)11-17)24-18-6-4-5-16(12-18)13-25-10-9-19(14-25)28-22(26)27/h4-8,11-12,19,21,24H,3,9-10,13-14H2,1-2H3,(H,26,27)/t19-,21-/m1/s1. The molecule has 0 aliphatic carbocycles. The predicted molar refractivity (Wildman–Crippen MR) is 112 cm³/mol. The van der Waals surface area contributed by atoms with Crippen LogP contribution in [0.2, 0.25) is 5.02 Å². The first-order valence-electron chi connectivity index (χ1n) is 9.68. The third-order valence-corrected chi connectivity index (χ3v) is 5.59. The Kier molecular flexibility index (Phi) is 6.81. The minimum absolute atomic E-state index is 0.214. The number of anilines is 1. The molecule has 1 aliphatic heterocycles. The van der Waals surface area contributed by atoms with Gasteiger partial charge in [0.05, 0.1) is 6.04 Å². The second-order valence-corrected chi connectivity index (χ2v) is 7.75. The number of benzene rings is 2. The molecule has 0 saturated carbocycles. The van der Waals surface area contributed by atoms with E-state index in [1.54, 1.807) is 0 Å². The molecule has 0 amide bonds. The third kappa shape index (κ3) is 5.40. The van der Waals surface area contributed by atoms with Crippen molar-refractivity contribution in [3.8, 4) is 0 Å². The number of rotatable bonds is 7. The molecule has 1 aliphatic rings. The van der Waals surface area contributed by atoms with E-state index in [0.29, 0.717) is 6.54 Å². The minimum atomic E-state index is -1.19. The quantitative estimate of drug-likeness (QED) is 0.600. The van der Waals surface area contributed by atoms with Crippen LogP contribution in [0.15, 0.2) is 42.5 Å². The molecule has 5 nitrogen and oxygen atoms in total. The van der Waals surface area contributed by atoms with Crippen molar-refractivity contribution in [2.24, 2.45) is 0 Å². The van der Waals surface area contributed by atoms with Crippen LogP contribution in [0.4, 0.5) is 10.5 Å². The van der Waals surface area contributed by atoms with Gasteiger partial charge in [0.25, 0.3) is 0 Å². The number of carbonyl (C=O) groups is 1. The zero-order chi connectivity index (χ0) is 20.1. The molecular weight excluding hydrogens is 376 g/mol. The molecule has 0 radical (unpaired) electrons. The second-order valence-electron chi connectivity index (χ2n) is 7.34. The Labute approximate surface area is 171 Å². The van der Waals surface area contributed by atoms with Crippen LogP contribution < -0.4 is 5.32 Å². The van der Waals surface area contributed by atoms with E-state index >= 15 is 0 Å². The summed E-state index contributed by atoms with van der Waals surface area (Å²) in [7, 11) is 0. The predicted octanol–water partition coefficient (Wildman–Crippen LogP) is 5.48. The van der Waals surface area contributed by atoms with Crippen LogP contribution in [0.25, 0.3) is 0 Å². The summed E-state index contributed by atoms with van der Waals surface area (Å²) in [5.41, 5.74) is 4.58. The summed E-state index contributed by atoms with van der Waals surface area (Å²) in [6.07, 6.45) is 0.293. The van der Waals surface area contributed by atoms with Crippen LogP contribution in [-0.4, -0.2) is 35.4 Å². The van der Waals surface area contributed by atoms with Gasteiger partial charge in [-0.15, -0.1) is 0 Å². The molecule has 28 heavy (non-hydrogen) atoms. The van der Waals surface area contributed by atoms with Crippen molar-refractivity contribution >= 4 is 23.4 Å². The monoisotopic (exact) mass is 402 g/mol. The fraction of sp³-hybridized carbons (Fsp3) is 0.409. The number of hydrogen-bond acceptors (Lipinski definition) is 4. The maximum absolute atomic E-state index is 10.7. The van der Waals surface area contributed by atoms with Crippen LogP contribution in [0, 0.1) is 6.92 Å². The van der Waals surface area contributed by atoms with E-state index in [-0.39, 0.29) is 12.1 Å². The van der Waals surface area contributed by atoms with Crippen LogP contribution >= 0.6 is 11.6 Å². The third-order valence-electron chi connectivity index (χ3n) is 5.16. The number of ether oxygens (including phenoxy) is 1. The number of likely N-dealkylation sites (tertiary alicyclic amines) is 1. The maximum Gasteiger partial charge on any atom is 0.506 e. The van der Waals surface area contributed by atoms with Gasteiger partial charge in [0.2, 0.25) is 0 Å². The summed E-state index contributed by atoms with van der Waals surface area (Å²) in [6, 6.07) is 14.8. The summed E-state index contributed by atoms with van der Waals surface area (Å²) in [5.74, 6) is 0. The highest BCUT2D eigenvalue weighted by atomic mass is 35.5. The molecule has 2 atom stereocenters. The Bertz CT molecular complexity index is 827. The zero-order valence-electron chi connectivity index (χ0n) is 16.3. The first kappa shape index (κ1) is 20.5. The Morgan fingerprint density at radius 1 is 1.36 bits per heavy atom. The highest BCUT2D eigenvalue weighted by molar-refractivity contribution is 6.31. The van der Waals surface area contributed by atoms with Crippen molar-refractivity contribution in [1.82, 2.24) is 4.90 Å². The lowest BCUT2D eigenvalue weighted by molar-refractivity contribution is 0.0548. The second kappa shape index (κ2) is 9.30. The van der Waals surface area contributed by atoms with Gasteiger partial charge >= 0.3 is 6.16 Å². The smallest absolute Gasteiger partial charge is 0.450 e. The molecule has 0 spiro atoms. The minimum Gasteiger partial charge on any atom is -0.450 e. The molecule has 150 valence electrons. The van der Waals surface area contributed by atoms with Gasteiger partial charge in [0.1, 0.15) is 6.10 Å². The molecule has 0 aromatic heterocycles. The average Bonchev–Trinajstić information content (AvgIpc) is 3.08. The normalized spacial score (nSPS) is 18.0. The van der Waals surface area contributed by atoms with Gasteiger partial charge in [-0.2, -0.15) is 0 Å². The maximum atomic E-state index is 10.7. The lowest BCUT2D eigenvalue weighted by Gasteiger charge is -2.21. The molecule has 2 N–H and O–H groups in total. The van der Waals surface area contributed by atoms with Gasteiger partial charge in [0, 0.05) is 30.3 Å². The molecule has 1 heterocycles. The first-order chi connectivity index (χ1) is 13.4. The highest BCUT2D eigenvalue weighted by Crippen LogP contribution is 2.27. The molecule has 2 aromatic carbocycles. The molecule has 0 unspecified atom stereocenters. The van der Waals surface area contributed by atoms with E-state index in [2.05, 4.69) is 53.5 Å². The van der Waals surface area contributed by atoms with E-state index in [1.807, 2.05) is 13.0 Å². The molecule has 1 fully saturated rings. The molecule has 1 saturated heterocycles. The lowest BCUT2D eigenvalue weighted by atomic mass is 10.0. The van der Waals surface area contributed by atoms with Crippen molar-refractivity contribution in [3.05, 3.63) is 64.2 Å². The highest BCUT2D eigenvalue weighted by Gasteiger charge is 2.25. The van der Waals surface area contributed by atoms with Gasteiger partial charge in [-0.3, -0.25) is 4.90 Å². The Morgan fingerprint density at radius 2 is 2.18 bits per heavy atom. The van der Waals surface area contributed by atoms with Crippen molar-refractivity contribution in [2.75, 3.05) is 18.4 Å². The van der Waals surface area contributed by atoms with E-state index in [9.17, 15) is 4.79 Å². The van der Waals surface area contributed by atoms with Gasteiger partial charge in [0.15, 0.2) is 0 Å². The van der Waals surface area contributed by atoms with Crippen LogP contribution in [-0.2, 0) is 11.3 Å². The van der Waals surface area contributed by atoms with Crippen LogP contribution in [0.5, 0.6) is 0 Å². The number of halogens is 1. The lowest BCUT2D eigenvalue weighted by Crippen LogP contribution is -2.24. The van der Waals surface area contributed by atoms with Crippen LogP contribution in [0.3, 0.4) is 0 Å². The van der Waals surface area contributed by atoms with E-state index in [4.69, 9.17) is 21.4 Å². The number of nitrogens with zero attached hydrogens (tertiary/aromatic N) is 1. The molecule has 3 rings (SSSR count). The van der Waals surface area contributed by atoms with E-state index in [0.717, 1.165) is 42.2 Å². The van der Waals surface area contributed by atoms with Crippen molar-refractivity contribution in [3.63, 3.8) is 0 Å². The Hall–Kier alpha value is -2.24. The Balaban J connectivity index is 1.64. The molecule has 2 aromatic rings. The van der Waals surface area contributed by atoms with Gasteiger partial charge in [-0.05, 0) is 54.7 Å². The summed E-state index contributed by atoms with van der Waals surface area (Å²) < 4.78 is 4.89. The van der Waals surface area contributed by atoms with E-state index < -0.39 is 6.16 Å². The van der Waals surface area contributed by atoms with Crippen molar-refractivity contribution in [2.45, 2.75) is 45.4 Å². The van der Waals surface area contributed by atoms with Crippen molar-refractivity contribution in [1.29, 1.82) is 0 Å². The van der Waals surface area contributed by atoms with Gasteiger partial charge in [-0.1, -0.05) is 42.8 Å². The van der Waals surface area contributed by atoms with Gasteiger partial charge in [-0.25, -0.2) is 4.79 Å². The summed E-state index contributed by atoms with van der Waals surface area (Å²) >= 11 is 6.16. The largest absolute Gasteiger partial charge is 0.506 e. The average molecular weight is 403 g/mol. The molecule has 6 heteroatoms. The topological polar surface area (TPSA) is 61.8 Å². The Morgan fingerprint density at radius 3 is 2.89 bits per heavy atom. The number of carboxylic acid groups (broad SMARTS) is 1. The van der Waals surface area contributed by atoms with E-state index in [1.165, 1.54) is 11.1 Å². The number of aryl methyl sites for hydroxylation is 1. The number of hydrogen-bond donors (Lipinski definition) is 2. The zero-order valence-corrected chi connectivity index (χ0v) is 17.1. The summed E-state index contributed by atoms with van der Waals surface area (Å²) in [4.78, 5) is 12.9. The van der Waals surface area contributed by atoms with Crippen LogP contribution in [0.1, 0.15) is 42.5 Å². The number of nitrogens with one attached hydrogen (secondary N) is 1. The fourth-order valence-corrected chi connectivity index (χ4v) is 3.82. The molecule has 0 bridgehead atoms. The summed E-state index contributed by atoms with van der Waals surface area (Å²) in [6.45, 7) is 6.46. The molecular formula is C22H27ClN2O3. The van der Waals surface area contributed by atoms with Crippen molar-refractivity contribution < 1.29 is 14.6 Å².